The van der Waals surface area contributed by atoms with Gasteiger partial charge in [-0.2, -0.15) is 0 Å². The molecule has 4 saturated heterocycles. The van der Waals surface area contributed by atoms with Gasteiger partial charge in [-0.3, -0.25) is 62.6 Å². The number of carbonyl (C=O) groups is 11. The normalized spacial score (nSPS) is 41.4. The zero-order valence-corrected chi connectivity index (χ0v) is 62.4. The first kappa shape index (κ1) is 73.6. The third kappa shape index (κ3) is 13.5. The number of rotatable bonds is 8. The van der Waals surface area contributed by atoms with E-state index in [2.05, 4.69) is 96.7 Å². The van der Waals surface area contributed by atoms with Gasteiger partial charge in [0.05, 0.1) is 77.2 Å². The number of benzene rings is 2. The summed E-state index contributed by atoms with van der Waals surface area (Å²) in [6.07, 6.45) is 54.3. The number of allylic oxidation sites excluding steroid dienone is 15. The van der Waals surface area contributed by atoms with Crippen molar-refractivity contribution in [2.75, 3.05) is 25.7 Å². The maximum atomic E-state index is 12.6. The Kier molecular flexibility index (Phi) is 20.5. The highest BCUT2D eigenvalue weighted by Crippen LogP contribution is 2.58. The lowest BCUT2D eigenvalue weighted by Crippen LogP contribution is -2.42. The van der Waals surface area contributed by atoms with E-state index in [9.17, 15) is 52.7 Å². The number of ketones is 1. The van der Waals surface area contributed by atoms with Crippen LogP contribution in [-0.2, 0) is 62.2 Å². The van der Waals surface area contributed by atoms with Crippen LogP contribution in [0.3, 0.4) is 0 Å². The van der Waals surface area contributed by atoms with Crippen LogP contribution in [-0.4, -0.2) is 113 Å². The van der Waals surface area contributed by atoms with Crippen LogP contribution < -0.4 is 4.90 Å². The molecule has 4 aliphatic heterocycles. The summed E-state index contributed by atoms with van der Waals surface area (Å²) in [6, 6.07) is 18.7. The van der Waals surface area contributed by atoms with Gasteiger partial charge in [-0.1, -0.05) is 160 Å². The lowest BCUT2D eigenvalue weighted by Gasteiger charge is -2.30. The van der Waals surface area contributed by atoms with Gasteiger partial charge in [0.1, 0.15) is 5.78 Å². The van der Waals surface area contributed by atoms with Gasteiger partial charge in [0.2, 0.25) is 35.4 Å². The van der Waals surface area contributed by atoms with E-state index < -0.39 is 5.97 Å². The van der Waals surface area contributed by atoms with E-state index in [4.69, 9.17) is 14.6 Å². The number of methoxy groups -OCH3 is 1. The Balaban J connectivity index is 0.0000000952. The fourth-order valence-electron chi connectivity index (χ4n) is 23.6. The zero-order chi connectivity index (χ0) is 75.1. The van der Waals surface area contributed by atoms with Gasteiger partial charge in [-0.15, -0.1) is 0 Å². The first-order valence-corrected chi connectivity index (χ1v) is 40.5. The van der Waals surface area contributed by atoms with E-state index in [0.717, 1.165) is 75.5 Å². The van der Waals surface area contributed by atoms with Crippen molar-refractivity contribution < 1.29 is 72.1 Å². The van der Waals surface area contributed by atoms with Crippen LogP contribution in [0.1, 0.15) is 133 Å². The first-order chi connectivity index (χ1) is 52.1. The molecule has 13 fully saturated rings. The second kappa shape index (κ2) is 30.1. The van der Waals surface area contributed by atoms with Crippen LogP contribution in [0.15, 0.2) is 158 Å². The molecular formula is C90H103N3O15. The molecule has 2 aromatic carbocycles. The predicted molar refractivity (Wildman–Crippen MR) is 400 cm³/mol. The number of carboxylic acid groups (broad SMARTS) is 1. The quantitative estimate of drug-likeness (QED) is 0.112. The van der Waals surface area contributed by atoms with Crippen molar-refractivity contribution in [2.45, 2.75) is 135 Å². The number of likely N-dealkylation sites (tertiary alicyclic amines) is 2. The molecule has 1 N–H and O–H groups in total. The summed E-state index contributed by atoms with van der Waals surface area (Å²) in [5.74, 6) is 6.87. The minimum atomic E-state index is -0.614. The van der Waals surface area contributed by atoms with E-state index in [-0.39, 0.29) is 142 Å². The molecule has 0 aromatic heterocycles. The standard InChI is InChI=1S/C15H19NO2.C15H13NO2.C15H16O2.C10H11NO2.C10H14O.C9H8O3.C8H10O2.C8H12O/c2*17-14-12-9-6-7-10(8-9)13(12)15(18)16(14)11-4-2-1-3-5-11;16-15(12-4-2-1-3-5-12)17-10-14-9-11-6-7-13(14)8-11;1-11-9(12)7-5-2-3-6(4-5)8(7)10(11)13;1-7(11)10(2)6-8-3-4-9(10)5-8;10-8-6-4-1-2-5(3-4)7(6)9(11)12-8;9-8(10)7-4-5-1-2-6(7)3-5;1-9-8-5-6-2-3-7(8)4-6/h6-7,9-13H,1-5,8H2;1-7,9-10,12-13H,8H2;1-7,11,13-14H,8-10H2;2-3,5-8H,4H2,1H3;3-4,8-9H,5-6H2,1-2H3;1-2,4-7H,3H2;1-2,5-7H,3-4H2,(H,9,10);2-3,6-8H,4-5H2,1H3. The maximum Gasteiger partial charge on any atom is 0.338 e. The number of anilines is 1. The number of carbonyl (C=O) groups excluding carboxylic acids is 10. The third-order valence-corrected chi connectivity index (χ3v) is 29.3. The molecule has 21 aliphatic rings. The molecule has 2 aromatic rings. The number of para-hydroxylation sites is 1. The number of esters is 3. The lowest BCUT2D eigenvalue weighted by molar-refractivity contribution is -0.155. The monoisotopic (exact) mass is 1470 g/mol. The van der Waals surface area contributed by atoms with Crippen LogP contribution >= 0.6 is 0 Å². The van der Waals surface area contributed by atoms with Crippen LogP contribution in [0.2, 0.25) is 0 Å². The molecule has 9 saturated carbocycles. The van der Waals surface area contributed by atoms with E-state index in [0.29, 0.717) is 88.9 Å². The minimum absolute atomic E-state index is 0.00516. The molecule has 28 unspecified atom stereocenters. The van der Waals surface area contributed by atoms with Crippen LogP contribution in [0, 0.1) is 159 Å². The highest BCUT2D eigenvalue weighted by molar-refractivity contribution is 6.23. The third-order valence-electron chi connectivity index (χ3n) is 29.3. The molecular weight excluding hydrogens is 1360 g/mol. The fraction of sp³-hybridized carbons (Fsp3) is 0.567. The number of aliphatic carboxylic acids is 1. The van der Waals surface area contributed by atoms with Crippen molar-refractivity contribution >= 4 is 70.8 Å². The van der Waals surface area contributed by atoms with Gasteiger partial charge in [0, 0.05) is 31.5 Å². The van der Waals surface area contributed by atoms with Crippen molar-refractivity contribution in [2.24, 2.45) is 159 Å². The van der Waals surface area contributed by atoms with Gasteiger partial charge in [-0.05, 0) is 216 Å². The number of imide groups is 3. The molecule has 4 heterocycles. The molecule has 6 amide bonds. The zero-order valence-electron chi connectivity index (χ0n) is 62.4. The second-order valence-corrected chi connectivity index (χ2v) is 35.1. The number of fused-ring (bicyclic) bond motifs is 28. The Bertz CT molecular complexity index is 4060. The van der Waals surface area contributed by atoms with E-state index in [1.54, 1.807) is 31.0 Å². The van der Waals surface area contributed by atoms with Gasteiger partial charge < -0.3 is 19.3 Å². The minimum Gasteiger partial charge on any atom is -0.481 e. The van der Waals surface area contributed by atoms with Crippen molar-refractivity contribution in [1.29, 1.82) is 0 Å². The number of hydrogen-bond acceptors (Lipinski definition) is 14. The van der Waals surface area contributed by atoms with Gasteiger partial charge in [-0.25, -0.2) is 4.79 Å². The topological polar surface area (TPSA) is 245 Å². The van der Waals surface area contributed by atoms with Gasteiger partial charge in [0.15, 0.2) is 0 Å². The van der Waals surface area contributed by atoms with Crippen LogP contribution in [0.5, 0.6) is 0 Å². The number of ether oxygens (including phenoxy) is 3. The smallest absolute Gasteiger partial charge is 0.338 e. The van der Waals surface area contributed by atoms with Crippen molar-refractivity contribution in [1.82, 2.24) is 9.80 Å². The fourth-order valence-corrected chi connectivity index (χ4v) is 23.6. The Morgan fingerprint density at radius 2 is 0.898 bits per heavy atom. The van der Waals surface area contributed by atoms with Gasteiger partial charge >= 0.3 is 23.9 Å². The summed E-state index contributed by atoms with van der Waals surface area (Å²) in [7, 11) is 3.42. The average molecular weight is 1470 g/mol. The van der Waals surface area contributed by atoms with Gasteiger partial charge in [0.25, 0.3) is 0 Å². The Hall–Kier alpha value is -8.51. The number of hydrogen-bond donors (Lipinski definition) is 1. The SMILES string of the molecule is CC(=O)C1(C)CC2C=CC1C2.CN1C(=O)C2C3C=CC(C3)C2C1=O.COC1CC2C=CC1C2.O=C(O)C1CC2C=CC1C2.O=C(OCC1CC2C=CC1C2)c1ccccc1.O=C1C2C3C=CC(C3)C2C(=O)N1C1CCCCC1.O=C1C2C3C=CC(C3)C2C(=O)N1c1ccccc1.O=C1OC(=O)C2C3C=CC(C3)C12. The largest absolute Gasteiger partial charge is 0.481 e. The lowest BCUT2D eigenvalue weighted by atomic mass is 9.75. The van der Waals surface area contributed by atoms with E-state index >= 15 is 0 Å². The molecule has 17 aliphatic carbocycles. The van der Waals surface area contributed by atoms with Crippen LogP contribution in [0.4, 0.5) is 5.69 Å². The summed E-state index contributed by atoms with van der Waals surface area (Å²) in [4.78, 5) is 134. The summed E-state index contributed by atoms with van der Waals surface area (Å²) in [5, 5.41) is 8.70. The summed E-state index contributed by atoms with van der Waals surface area (Å²) in [6.45, 7) is 4.41. The van der Waals surface area contributed by atoms with Crippen LogP contribution in [0.25, 0.3) is 0 Å². The Labute approximate surface area is 633 Å². The number of nitrogens with zero attached hydrogens (tertiary/aromatic N) is 3. The molecule has 0 spiro atoms. The number of carboxylic acids is 1. The molecule has 0 radical (unpaired) electrons. The molecule has 18 nitrogen and oxygen atoms in total. The Morgan fingerprint density at radius 3 is 1.28 bits per heavy atom. The highest BCUT2D eigenvalue weighted by atomic mass is 16.6. The number of cyclic esters (lactones) is 2. The molecule has 568 valence electrons. The number of Topliss-reactive ketones (excluding diaryl/α,β-unsaturated/α-hetero) is 1. The summed E-state index contributed by atoms with van der Waals surface area (Å²) >= 11 is 0. The molecule has 16 bridgehead atoms. The van der Waals surface area contributed by atoms with Crippen molar-refractivity contribution in [3.05, 3.63) is 163 Å². The second-order valence-electron chi connectivity index (χ2n) is 35.1. The molecule has 108 heavy (non-hydrogen) atoms. The molecule has 18 heteroatoms. The average Bonchev–Trinajstić information content (AvgIpc) is 1.57. The van der Waals surface area contributed by atoms with E-state index in [1.165, 1.54) is 61.2 Å². The Morgan fingerprint density at radius 1 is 0.463 bits per heavy atom. The molecule has 23 rings (SSSR count). The van der Waals surface area contributed by atoms with E-state index in [1.807, 2.05) is 67.8 Å². The predicted octanol–water partition coefficient (Wildman–Crippen LogP) is 13.2. The number of amides is 6. The summed E-state index contributed by atoms with van der Waals surface area (Å²) < 4.78 is 15.3. The molecule has 28 atom stereocenters. The highest BCUT2D eigenvalue weighted by Gasteiger charge is 2.63. The van der Waals surface area contributed by atoms with Crippen molar-refractivity contribution in [3.63, 3.8) is 0 Å². The maximum absolute atomic E-state index is 12.6. The first-order valence-electron chi connectivity index (χ1n) is 40.5. The summed E-state index contributed by atoms with van der Waals surface area (Å²) in [5.41, 5.74) is 1.34. The van der Waals surface area contributed by atoms with Crippen molar-refractivity contribution in [3.8, 4) is 0 Å².